The number of carbonyl (C=O) groups is 3. The first kappa shape index (κ1) is 32.8. The lowest BCUT2D eigenvalue weighted by Crippen LogP contribution is -2.62. The van der Waals surface area contributed by atoms with Crippen molar-refractivity contribution in [2.24, 2.45) is 16.8 Å². The van der Waals surface area contributed by atoms with E-state index in [0.717, 1.165) is 37.0 Å². The second-order valence-corrected chi connectivity index (χ2v) is 13.6. The van der Waals surface area contributed by atoms with E-state index in [-0.39, 0.29) is 61.1 Å². The van der Waals surface area contributed by atoms with Crippen LogP contribution in [0.1, 0.15) is 81.1 Å². The van der Waals surface area contributed by atoms with E-state index in [1.807, 2.05) is 29.8 Å². The lowest BCUT2D eigenvalue weighted by molar-refractivity contribution is -0.144. The van der Waals surface area contributed by atoms with E-state index < -0.39 is 12.1 Å². The number of nitrogens with zero attached hydrogens (tertiary/aromatic N) is 4. The maximum Gasteiger partial charge on any atom is 0.415 e. The molecule has 1 saturated heterocycles. The van der Waals surface area contributed by atoms with Crippen LogP contribution in [0, 0.1) is 23.2 Å². The molecule has 0 bridgehead atoms. The van der Waals surface area contributed by atoms with E-state index in [9.17, 15) is 19.6 Å². The van der Waals surface area contributed by atoms with E-state index >= 15 is 0 Å². The molecule has 9 nitrogen and oxygen atoms in total. The Balaban J connectivity index is 1.33. The fourth-order valence-electron chi connectivity index (χ4n) is 6.81. The summed E-state index contributed by atoms with van der Waals surface area (Å²) in [6, 6.07) is 12.1. The molecule has 2 saturated carbocycles. The predicted octanol–water partition coefficient (Wildman–Crippen LogP) is 5.98. The first-order valence-corrected chi connectivity index (χ1v) is 17.4. The number of benzene rings is 1. The molecule has 1 aromatic heterocycles. The van der Waals surface area contributed by atoms with Crippen LogP contribution in [0.3, 0.4) is 0 Å². The summed E-state index contributed by atoms with van der Waals surface area (Å²) < 4.78 is 5.60. The van der Waals surface area contributed by atoms with Gasteiger partial charge >= 0.3 is 6.09 Å². The molecule has 3 aliphatic rings. The van der Waals surface area contributed by atoms with Gasteiger partial charge in [0.2, 0.25) is 5.91 Å². The molecular formula is C35H45N5O4S. The Morgan fingerprint density at radius 1 is 1.02 bits per heavy atom. The zero-order valence-corrected chi connectivity index (χ0v) is 26.9. The van der Waals surface area contributed by atoms with E-state index in [1.54, 1.807) is 40.5 Å². The van der Waals surface area contributed by atoms with Crippen molar-refractivity contribution < 1.29 is 19.1 Å². The average molecular weight is 632 g/mol. The normalized spacial score (nSPS) is 20.6. The van der Waals surface area contributed by atoms with Crippen LogP contribution in [0.25, 0.3) is 0 Å². The van der Waals surface area contributed by atoms with Crippen LogP contribution in [-0.4, -0.2) is 72.1 Å². The van der Waals surface area contributed by atoms with E-state index in [0.29, 0.717) is 12.5 Å². The third-order valence-corrected chi connectivity index (χ3v) is 10.2. The highest BCUT2D eigenvalue weighted by Crippen LogP contribution is 2.31. The molecule has 1 N–H and O–H groups in total. The Hall–Kier alpha value is -3.55. The molecule has 10 heteroatoms. The lowest BCUT2D eigenvalue weighted by Gasteiger charge is -2.41. The molecule has 5 rings (SSSR count). The van der Waals surface area contributed by atoms with Crippen LogP contribution in [0.15, 0.2) is 46.8 Å². The van der Waals surface area contributed by atoms with Crippen molar-refractivity contribution in [3.63, 3.8) is 0 Å². The minimum Gasteiger partial charge on any atom is -0.409 e. The number of rotatable bonds is 11. The highest BCUT2D eigenvalue weighted by molar-refractivity contribution is 7.09. The Morgan fingerprint density at radius 2 is 1.78 bits per heavy atom. The van der Waals surface area contributed by atoms with Gasteiger partial charge < -0.3 is 19.9 Å². The number of ether oxygens (including phenoxy) is 1. The summed E-state index contributed by atoms with van der Waals surface area (Å²) in [4.78, 5) is 50.6. The van der Waals surface area contributed by atoms with Gasteiger partial charge in [0.05, 0.1) is 24.6 Å². The van der Waals surface area contributed by atoms with Gasteiger partial charge in [-0.1, -0.05) is 69.6 Å². The van der Waals surface area contributed by atoms with Gasteiger partial charge in [-0.2, -0.15) is 5.26 Å². The highest BCUT2D eigenvalue weighted by atomic mass is 32.1. The summed E-state index contributed by atoms with van der Waals surface area (Å²) in [5.41, 5.74) is 0.257. The van der Waals surface area contributed by atoms with Crippen molar-refractivity contribution >= 4 is 35.3 Å². The van der Waals surface area contributed by atoms with Gasteiger partial charge in [0, 0.05) is 36.8 Å². The van der Waals surface area contributed by atoms with Crippen molar-refractivity contribution in [2.45, 2.75) is 89.3 Å². The van der Waals surface area contributed by atoms with Crippen molar-refractivity contribution in [1.82, 2.24) is 15.1 Å². The molecule has 2 aliphatic carbocycles. The summed E-state index contributed by atoms with van der Waals surface area (Å²) in [6.45, 7) is 1.14. The van der Waals surface area contributed by atoms with Gasteiger partial charge in [0.1, 0.15) is 12.1 Å². The molecule has 45 heavy (non-hydrogen) atoms. The SMILES string of the molecule is N#Cc1ccccc1OC(=O)N1CCN(C(=O)C(C=NC2CCCCC2)CC2CCCCC2)[C@H](C(=O)CNCc2cccs2)C1. The zero-order chi connectivity index (χ0) is 31.4. The number of aliphatic imine (C=N–C) groups is 1. The molecule has 1 aliphatic heterocycles. The van der Waals surface area contributed by atoms with Crippen LogP contribution in [0.4, 0.5) is 4.79 Å². The number of nitrogens with one attached hydrogen (secondary N) is 1. The Kier molecular flexibility index (Phi) is 12.2. The quantitative estimate of drug-likeness (QED) is 0.305. The molecule has 2 heterocycles. The molecule has 2 amide bonds. The van der Waals surface area contributed by atoms with Gasteiger partial charge in [-0.15, -0.1) is 11.3 Å². The molecule has 2 aromatic rings. The molecule has 2 atom stereocenters. The number of amides is 2. The van der Waals surface area contributed by atoms with E-state index in [2.05, 4.69) is 5.32 Å². The number of hydrogen-bond acceptors (Lipinski definition) is 8. The van der Waals surface area contributed by atoms with Crippen LogP contribution in [0.5, 0.6) is 5.75 Å². The molecule has 0 radical (unpaired) electrons. The number of piperazine rings is 1. The van der Waals surface area contributed by atoms with Crippen LogP contribution in [-0.2, 0) is 16.1 Å². The predicted molar refractivity (Wildman–Crippen MR) is 175 cm³/mol. The fourth-order valence-corrected chi connectivity index (χ4v) is 7.49. The average Bonchev–Trinajstić information content (AvgIpc) is 3.61. The summed E-state index contributed by atoms with van der Waals surface area (Å²) in [5, 5.41) is 14.7. The van der Waals surface area contributed by atoms with Crippen molar-refractivity contribution in [3.05, 3.63) is 52.2 Å². The number of carbonyl (C=O) groups excluding carboxylic acids is 3. The number of nitriles is 1. The fraction of sp³-hybridized carbons (Fsp3) is 0.571. The van der Waals surface area contributed by atoms with Crippen LogP contribution < -0.4 is 10.1 Å². The number of para-hydroxylation sites is 1. The van der Waals surface area contributed by atoms with Crippen molar-refractivity contribution in [1.29, 1.82) is 5.26 Å². The number of thiophene rings is 1. The number of Topliss-reactive ketones (excluding diaryl/α,β-unsaturated/α-hetero) is 1. The van der Waals surface area contributed by atoms with Gasteiger partial charge in [-0.05, 0) is 48.8 Å². The molecule has 1 aromatic carbocycles. The molecule has 0 spiro atoms. The molecule has 3 fully saturated rings. The lowest BCUT2D eigenvalue weighted by atomic mass is 9.82. The summed E-state index contributed by atoms with van der Waals surface area (Å²) in [5.74, 6) is 0.0551. The topological polar surface area (TPSA) is 115 Å². The van der Waals surface area contributed by atoms with Gasteiger partial charge in [0.25, 0.3) is 0 Å². The van der Waals surface area contributed by atoms with Gasteiger partial charge in [-0.25, -0.2) is 4.79 Å². The summed E-state index contributed by atoms with van der Waals surface area (Å²) >= 11 is 1.62. The van der Waals surface area contributed by atoms with Crippen LogP contribution >= 0.6 is 11.3 Å². The first-order chi connectivity index (χ1) is 22.0. The first-order valence-electron chi connectivity index (χ1n) is 16.6. The second kappa shape index (κ2) is 16.7. The Bertz CT molecular complexity index is 1340. The largest absolute Gasteiger partial charge is 0.415 e. The minimum atomic E-state index is -0.808. The Labute approximate surface area is 270 Å². The minimum absolute atomic E-state index is 0.0364. The molecule has 1 unspecified atom stereocenters. The maximum absolute atomic E-state index is 14.4. The number of hydrogen-bond donors (Lipinski definition) is 1. The monoisotopic (exact) mass is 631 g/mol. The smallest absolute Gasteiger partial charge is 0.409 e. The number of ketones is 1. The molecular weight excluding hydrogens is 586 g/mol. The third-order valence-electron chi connectivity index (χ3n) is 9.36. The van der Waals surface area contributed by atoms with Crippen LogP contribution in [0.2, 0.25) is 0 Å². The Morgan fingerprint density at radius 3 is 2.51 bits per heavy atom. The summed E-state index contributed by atoms with van der Waals surface area (Å²) in [7, 11) is 0. The second-order valence-electron chi connectivity index (χ2n) is 12.6. The third kappa shape index (κ3) is 9.24. The highest BCUT2D eigenvalue weighted by Gasteiger charge is 2.40. The molecule has 240 valence electrons. The van der Waals surface area contributed by atoms with Gasteiger partial charge in [-0.3, -0.25) is 14.6 Å². The summed E-state index contributed by atoms with van der Waals surface area (Å²) in [6.07, 6.45) is 13.6. The van der Waals surface area contributed by atoms with E-state index in [1.165, 1.54) is 43.4 Å². The maximum atomic E-state index is 14.4. The van der Waals surface area contributed by atoms with Gasteiger partial charge in [0.15, 0.2) is 11.5 Å². The van der Waals surface area contributed by atoms with Crippen molar-refractivity contribution in [2.75, 3.05) is 26.2 Å². The zero-order valence-electron chi connectivity index (χ0n) is 26.1. The van der Waals surface area contributed by atoms with E-state index in [4.69, 9.17) is 9.73 Å². The standard InChI is InChI=1S/C35H45N5O4S/c36-21-27-12-7-8-16-33(27)44-35(43)39-17-18-40(31(25-39)32(41)24-37-23-30-15-9-19-45-30)34(42)28(20-26-10-3-1-4-11-26)22-38-29-13-5-2-6-14-29/h7-9,12,15-16,19,22,26,28-29,31,37H,1-6,10-11,13-14,17-18,20,23-25H2/t28?,31-/m0/s1. The van der Waals surface area contributed by atoms with Crippen molar-refractivity contribution in [3.8, 4) is 11.8 Å².